The highest BCUT2D eigenvalue weighted by Crippen LogP contribution is 2.41. The Bertz CT molecular complexity index is 1230. The maximum absolute atomic E-state index is 12.3. The topological polar surface area (TPSA) is 148 Å². The van der Waals surface area contributed by atoms with E-state index in [1.54, 1.807) is 12.1 Å². The number of aromatic nitrogens is 2. The quantitative estimate of drug-likeness (QED) is 0.353. The number of aliphatic hydroxyl groups excluding tert-OH is 2. The zero-order valence-corrected chi connectivity index (χ0v) is 17.8. The van der Waals surface area contributed by atoms with Gasteiger partial charge < -0.3 is 35.3 Å². The highest BCUT2D eigenvalue weighted by Gasteiger charge is 2.33. The Balaban J connectivity index is 0.00000272. The number of H-pyrrole nitrogens is 1. The number of carboxylic acids is 1. The maximum Gasteiger partial charge on any atom is 0.345 e. The lowest BCUT2D eigenvalue weighted by Crippen LogP contribution is -2.22. The van der Waals surface area contributed by atoms with Crippen LogP contribution in [0.2, 0.25) is 0 Å². The molecule has 0 saturated carbocycles. The molecular formula is C21H24ClN3O6. The molecule has 0 amide bonds. The number of halogens is 1. The van der Waals surface area contributed by atoms with E-state index < -0.39 is 35.0 Å². The number of aromatic carboxylic acids is 1. The Morgan fingerprint density at radius 3 is 2.65 bits per heavy atom. The van der Waals surface area contributed by atoms with E-state index in [1.165, 1.54) is 0 Å². The average Bonchev–Trinajstić information content (AvgIpc) is 2.96. The predicted octanol–water partition coefficient (Wildman–Crippen LogP) is 1.42. The summed E-state index contributed by atoms with van der Waals surface area (Å²) in [4.78, 5) is 26.3. The van der Waals surface area contributed by atoms with Crippen molar-refractivity contribution in [2.45, 2.75) is 32.1 Å². The Morgan fingerprint density at radius 2 is 2.00 bits per heavy atom. The van der Waals surface area contributed by atoms with Crippen LogP contribution in [0.3, 0.4) is 0 Å². The maximum atomic E-state index is 12.3. The van der Waals surface area contributed by atoms with Crippen molar-refractivity contribution in [2.24, 2.45) is 7.05 Å². The predicted molar refractivity (Wildman–Crippen MR) is 117 cm³/mol. The molecule has 0 bridgehead atoms. The largest absolute Gasteiger partial charge is 0.506 e. The summed E-state index contributed by atoms with van der Waals surface area (Å²) < 4.78 is 1.98. The van der Waals surface area contributed by atoms with Crippen LogP contribution in [0, 0.1) is 0 Å². The first-order valence-corrected chi connectivity index (χ1v) is 9.65. The smallest absolute Gasteiger partial charge is 0.345 e. The van der Waals surface area contributed by atoms with Gasteiger partial charge in [-0.15, -0.1) is 12.4 Å². The molecule has 0 unspecified atom stereocenters. The summed E-state index contributed by atoms with van der Waals surface area (Å²) in [5.41, 5.74) is 1.23. The number of carboxylic acid groups (broad SMARTS) is 1. The van der Waals surface area contributed by atoms with Crippen molar-refractivity contribution in [1.82, 2.24) is 14.9 Å². The average molecular weight is 450 g/mol. The van der Waals surface area contributed by atoms with Crippen LogP contribution in [0.1, 0.15) is 40.2 Å². The molecular weight excluding hydrogens is 426 g/mol. The van der Waals surface area contributed by atoms with Crippen LogP contribution < -0.4 is 10.9 Å². The Kier molecular flexibility index (Phi) is 6.15. The second-order valence-corrected chi connectivity index (χ2v) is 7.53. The lowest BCUT2D eigenvalue weighted by molar-refractivity contribution is 0.0201. The fourth-order valence-electron chi connectivity index (χ4n) is 4.13. The van der Waals surface area contributed by atoms with Gasteiger partial charge in [-0.05, 0) is 30.3 Å². The van der Waals surface area contributed by atoms with Crippen molar-refractivity contribution in [1.29, 1.82) is 0 Å². The van der Waals surface area contributed by atoms with Crippen LogP contribution in [0.25, 0.3) is 22.2 Å². The normalized spacial score (nSPS) is 17.5. The SMILES string of the molecule is CCNCc1cc2cc3c(cc2n1C)[C@H](O)[C@H](O)Cc1c-3[nH]c(=O)c(C(=O)O)c1O.Cl. The Hall–Kier alpha value is -2.85. The molecule has 2 heterocycles. The van der Waals surface area contributed by atoms with E-state index in [9.17, 15) is 30.0 Å². The van der Waals surface area contributed by atoms with Crippen LogP contribution in [0.5, 0.6) is 5.75 Å². The van der Waals surface area contributed by atoms with Gasteiger partial charge in [0.1, 0.15) is 11.9 Å². The number of carbonyl (C=O) groups is 1. The lowest BCUT2D eigenvalue weighted by Gasteiger charge is -2.17. The van der Waals surface area contributed by atoms with E-state index in [4.69, 9.17) is 0 Å². The molecule has 2 atom stereocenters. The van der Waals surface area contributed by atoms with Crippen LogP contribution in [0.15, 0.2) is 23.0 Å². The molecule has 0 aliphatic heterocycles. The third-order valence-corrected chi connectivity index (χ3v) is 5.74. The van der Waals surface area contributed by atoms with Gasteiger partial charge in [0.2, 0.25) is 0 Å². The molecule has 10 heteroatoms. The van der Waals surface area contributed by atoms with E-state index in [0.717, 1.165) is 23.1 Å². The first-order chi connectivity index (χ1) is 14.2. The van der Waals surface area contributed by atoms with Crippen LogP contribution in [0.4, 0.5) is 0 Å². The highest BCUT2D eigenvalue weighted by atomic mass is 35.5. The molecule has 6 N–H and O–H groups in total. The van der Waals surface area contributed by atoms with Gasteiger partial charge in [0.25, 0.3) is 5.56 Å². The third-order valence-electron chi connectivity index (χ3n) is 5.74. The number of nitrogens with zero attached hydrogens (tertiary/aromatic N) is 1. The van der Waals surface area contributed by atoms with Crippen molar-refractivity contribution in [3.8, 4) is 17.0 Å². The first-order valence-electron chi connectivity index (χ1n) is 9.65. The second-order valence-electron chi connectivity index (χ2n) is 7.53. The molecule has 1 aliphatic rings. The Labute approximate surface area is 183 Å². The summed E-state index contributed by atoms with van der Waals surface area (Å²) >= 11 is 0. The molecule has 2 aromatic heterocycles. The summed E-state index contributed by atoms with van der Waals surface area (Å²) in [7, 11) is 1.90. The zero-order chi connectivity index (χ0) is 21.7. The van der Waals surface area contributed by atoms with E-state index in [1.807, 2.05) is 24.6 Å². The van der Waals surface area contributed by atoms with Crippen molar-refractivity contribution in [3.63, 3.8) is 0 Å². The first kappa shape index (κ1) is 22.8. The summed E-state index contributed by atoms with van der Waals surface area (Å²) in [6.07, 6.45) is -2.78. The summed E-state index contributed by atoms with van der Waals surface area (Å²) in [6.45, 7) is 3.46. The minimum Gasteiger partial charge on any atom is -0.506 e. The van der Waals surface area contributed by atoms with Gasteiger partial charge in [0, 0.05) is 47.7 Å². The van der Waals surface area contributed by atoms with E-state index in [-0.39, 0.29) is 30.1 Å². The van der Waals surface area contributed by atoms with Crippen molar-refractivity contribution < 1.29 is 25.2 Å². The number of hydrogen-bond donors (Lipinski definition) is 6. The minimum absolute atomic E-state index is 0. The number of rotatable bonds is 4. The van der Waals surface area contributed by atoms with Crippen molar-refractivity contribution >= 4 is 29.3 Å². The molecule has 1 aromatic carbocycles. The van der Waals surface area contributed by atoms with Gasteiger partial charge in [-0.1, -0.05) is 6.92 Å². The van der Waals surface area contributed by atoms with E-state index in [0.29, 0.717) is 17.7 Å². The number of benzene rings is 1. The third kappa shape index (κ3) is 3.59. The number of fused-ring (bicyclic) bond motifs is 4. The number of hydrogen-bond acceptors (Lipinski definition) is 6. The molecule has 166 valence electrons. The van der Waals surface area contributed by atoms with Gasteiger partial charge in [0.15, 0.2) is 5.56 Å². The number of aliphatic hydroxyl groups is 2. The van der Waals surface area contributed by atoms with Gasteiger partial charge in [-0.2, -0.15) is 0 Å². The summed E-state index contributed by atoms with van der Waals surface area (Å²) in [5, 5.41) is 45.2. The van der Waals surface area contributed by atoms with Crippen molar-refractivity contribution in [2.75, 3.05) is 6.54 Å². The van der Waals surface area contributed by atoms with Gasteiger partial charge in [-0.3, -0.25) is 4.79 Å². The fraction of sp³-hybridized carbons (Fsp3) is 0.333. The van der Waals surface area contributed by atoms with Crippen LogP contribution in [-0.4, -0.2) is 48.6 Å². The molecule has 1 aliphatic carbocycles. The number of nitrogens with one attached hydrogen (secondary N) is 2. The molecule has 3 aromatic rings. The summed E-state index contributed by atoms with van der Waals surface area (Å²) in [6, 6.07) is 5.51. The monoisotopic (exact) mass is 449 g/mol. The second kappa shape index (κ2) is 8.35. The molecule has 31 heavy (non-hydrogen) atoms. The minimum atomic E-state index is -1.57. The van der Waals surface area contributed by atoms with Crippen LogP contribution in [-0.2, 0) is 20.0 Å². The summed E-state index contributed by atoms with van der Waals surface area (Å²) in [5.74, 6) is -2.26. The number of aromatic amines is 1. The van der Waals surface area contributed by atoms with Crippen molar-refractivity contribution in [3.05, 3.63) is 50.9 Å². The standard InChI is InChI=1S/C21H23N3O6.ClH/c1-3-22-8-10-4-9-5-11-12(6-14(9)24(10)2)18(26)15(25)7-13-17(11)23-20(28)16(19(13)27)21(29)30;/h4-6,15,18,22,25-26H,3,7-8H2,1-2H3,(H,29,30)(H2,23,27,28);1H/t15-,18+;/m1./s1. The molecule has 4 rings (SSSR count). The molecule has 0 radical (unpaired) electrons. The molecule has 9 nitrogen and oxygen atoms in total. The van der Waals surface area contributed by atoms with Gasteiger partial charge in [-0.25, -0.2) is 4.79 Å². The number of aryl methyl sites for hydroxylation is 1. The lowest BCUT2D eigenvalue weighted by atomic mass is 9.97. The molecule has 0 fully saturated rings. The van der Waals surface area contributed by atoms with Crippen LogP contribution >= 0.6 is 12.4 Å². The van der Waals surface area contributed by atoms with E-state index >= 15 is 0 Å². The molecule has 0 spiro atoms. The number of pyridine rings is 1. The Morgan fingerprint density at radius 1 is 1.29 bits per heavy atom. The fourth-order valence-corrected chi connectivity index (χ4v) is 4.13. The van der Waals surface area contributed by atoms with Gasteiger partial charge >= 0.3 is 5.97 Å². The zero-order valence-electron chi connectivity index (χ0n) is 17.0. The highest BCUT2D eigenvalue weighted by molar-refractivity contribution is 5.93. The van der Waals surface area contributed by atoms with E-state index in [2.05, 4.69) is 10.3 Å². The van der Waals surface area contributed by atoms with Gasteiger partial charge in [0.05, 0.1) is 11.8 Å². The molecule has 0 saturated heterocycles. The number of aromatic hydroxyl groups is 1.